The van der Waals surface area contributed by atoms with Crippen LogP contribution in [0.3, 0.4) is 0 Å². The molecular weight excluding hydrogens is 248 g/mol. The summed E-state index contributed by atoms with van der Waals surface area (Å²) in [4.78, 5) is 24.6. The van der Waals surface area contributed by atoms with Gasteiger partial charge in [-0.25, -0.2) is 0 Å². The van der Waals surface area contributed by atoms with Gasteiger partial charge in [0.15, 0.2) is 0 Å². The summed E-state index contributed by atoms with van der Waals surface area (Å²) < 4.78 is 1.31. The highest BCUT2D eigenvalue weighted by atomic mass is 16.6. The van der Waals surface area contributed by atoms with Crippen LogP contribution < -0.4 is 0 Å². The summed E-state index contributed by atoms with van der Waals surface area (Å²) in [6.07, 6.45) is 4.20. The molecule has 0 unspecified atom stereocenters. The highest BCUT2D eigenvalue weighted by Crippen LogP contribution is 2.27. The van der Waals surface area contributed by atoms with E-state index in [1.807, 2.05) is 13.8 Å². The maximum atomic E-state index is 12.5. The zero-order chi connectivity index (χ0) is 14.2. The van der Waals surface area contributed by atoms with Gasteiger partial charge in [0.05, 0.1) is 4.92 Å². The van der Waals surface area contributed by atoms with E-state index >= 15 is 0 Å². The van der Waals surface area contributed by atoms with Crippen molar-refractivity contribution >= 4 is 11.6 Å². The molecule has 2 rings (SSSR count). The number of likely N-dealkylation sites (tertiary alicyclic amines) is 1. The third-order valence-corrected chi connectivity index (χ3v) is 3.64. The molecule has 0 N–H and O–H groups in total. The molecule has 0 bridgehead atoms. The lowest BCUT2D eigenvalue weighted by Gasteiger charge is -2.38. The summed E-state index contributed by atoms with van der Waals surface area (Å²) in [5, 5.41) is 14.9. The Balaban J connectivity index is 2.35. The van der Waals surface area contributed by atoms with Crippen molar-refractivity contribution in [1.29, 1.82) is 0 Å². The first-order valence-corrected chi connectivity index (χ1v) is 6.42. The smallest absolute Gasteiger partial charge is 0.320 e. The topological polar surface area (TPSA) is 81.3 Å². The Hall–Kier alpha value is -1.92. The summed E-state index contributed by atoms with van der Waals surface area (Å²) in [6.45, 7) is 3.95. The summed E-state index contributed by atoms with van der Waals surface area (Å²) >= 11 is 0. The number of aromatic nitrogens is 2. The molecule has 0 saturated carbocycles. The molecule has 1 aliphatic heterocycles. The van der Waals surface area contributed by atoms with E-state index in [0.29, 0.717) is 0 Å². The number of rotatable bonds is 2. The second kappa shape index (κ2) is 4.99. The molecule has 1 aromatic rings. The first-order valence-electron chi connectivity index (χ1n) is 6.42. The minimum Gasteiger partial charge on any atom is -0.332 e. The normalized spacial score (nSPS) is 23.4. The standard InChI is InChI=1S/C12H18N4O3/c1-8-5-4-6-9(2)15(8)12(17)11-10(16(18)19)7-14(3)13-11/h7-9H,4-6H2,1-3H3/t8-,9-/m1/s1. The van der Waals surface area contributed by atoms with Crippen molar-refractivity contribution in [3.8, 4) is 0 Å². The molecule has 1 saturated heterocycles. The number of amides is 1. The van der Waals surface area contributed by atoms with Gasteiger partial charge < -0.3 is 4.90 Å². The van der Waals surface area contributed by atoms with E-state index in [1.54, 1.807) is 11.9 Å². The highest BCUT2D eigenvalue weighted by Gasteiger charge is 2.35. The summed E-state index contributed by atoms with van der Waals surface area (Å²) in [5.41, 5.74) is -0.287. The Morgan fingerprint density at radius 2 is 2.00 bits per heavy atom. The lowest BCUT2D eigenvalue weighted by molar-refractivity contribution is -0.385. The van der Waals surface area contributed by atoms with Crippen LogP contribution in [0, 0.1) is 10.1 Å². The van der Waals surface area contributed by atoms with Crippen LogP contribution in [0.1, 0.15) is 43.6 Å². The van der Waals surface area contributed by atoms with Gasteiger partial charge in [-0.2, -0.15) is 5.10 Å². The number of hydrogen-bond acceptors (Lipinski definition) is 4. The monoisotopic (exact) mass is 266 g/mol. The molecule has 1 fully saturated rings. The fourth-order valence-corrected chi connectivity index (χ4v) is 2.71. The zero-order valence-corrected chi connectivity index (χ0v) is 11.4. The van der Waals surface area contributed by atoms with Crippen LogP contribution in [-0.4, -0.2) is 37.6 Å². The summed E-state index contributed by atoms with van der Waals surface area (Å²) in [7, 11) is 1.58. The van der Waals surface area contributed by atoms with Crippen LogP contribution in [0.2, 0.25) is 0 Å². The molecule has 2 heterocycles. The van der Waals surface area contributed by atoms with Gasteiger partial charge in [0.1, 0.15) is 6.20 Å². The highest BCUT2D eigenvalue weighted by molar-refractivity contribution is 5.96. The van der Waals surface area contributed by atoms with Crippen LogP contribution in [0.25, 0.3) is 0 Å². The number of carbonyl (C=O) groups excluding carboxylic acids is 1. The lowest BCUT2D eigenvalue weighted by atomic mass is 9.97. The molecule has 0 aromatic carbocycles. The van der Waals surface area contributed by atoms with Crippen molar-refractivity contribution in [3.63, 3.8) is 0 Å². The minimum atomic E-state index is -0.556. The van der Waals surface area contributed by atoms with Gasteiger partial charge in [0, 0.05) is 19.1 Å². The molecule has 0 aliphatic carbocycles. The minimum absolute atomic E-state index is 0.0619. The SMILES string of the molecule is C[C@@H]1CCC[C@@H](C)N1C(=O)c1nn(C)cc1[N+](=O)[O-]. The van der Waals surface area contributed by atoms with E-state index in [2.05, 4.69) is 5.10 Å². The van der Waals surface area contributed by atoms with Crippen molar-refractivity contribution in [3.05, 3.63) is 22.0 Å². The number of aryl methyl sites for hydroxylation is 1. The van der Waals surface area contributed by atoms with Gasteiger partial charge in [0.25, 0.3) is 5.91 Å². The molecule has 1 aliphatic rings. The molecule has 104 valence electrons. The fourth-order valence-electron chi connectivity index (χ4n) is 2.71. The second-order valence-corrected chi connectivity index (χ2v) is 5.14. The Bertz CT molecular complexity index is 501. The Morgan fingerprint density at radius 1 is 1.42 bits per heavy atom. The van der Waals surface area contributed by atoms with E-state index < -0.39 is 4.92 Å². The number of carbonyl (C=O) groups is 1. The van der Waals surface area contributed by atoms with Gasteiger partial charge in [0.2, 0.25) is 5.69 Å². The average molecular weight is 266 g/mol. The Kier molecular flexibility index (Phi) is 3.55. The van der Waals surface area contributed by atoms with E-state index in [4.69, 9.17) is 0 Å². The molecule has 1 aromatic heterocycles. The molecule has 7 nitrogen and oxygen atoms in total. The molecule has 0 radical (unpaired) electrons. The quantitative estimate of drug-likeness (QED) is 0.603. The van der Waals surface area contributed by atoms with Crippen molar-refractivity contribution in [2.75, 3.05) is 0 Å². The van der Waals surface area contributed by atoms with Crippen molar-refractivity contribution in [2.24, 2.45) is 7.05 Å². The van der Waals surface area contributed by atoms with Crippen LogP contribution in [0.15, 0.2) is 6.20 Å². The Morgan fingerprint density at radius 3 is 2.53 bits per heavy atom. The van der Waals surface area contributed by atoms with E-state index in [1.165, 1.54) is 10.9 Å². The van der Waals surface area contributed by atoms with Gasteiger partial charge in [-0.3, -0.25) is 19.6 Å². The third-order valence-electron chi connectivity index (χ3n) is 3.64. The molecule has 2 atom stereocenters. The van der Waals surface area contributed by atoms with Crippen molar-refractivity contribution < 1.29 is 9.72 Å². The van der Waals surface area contributed by atoms with Gasteiger partial charge in [-0.05, 0) is 33.1 Å². The van der Waals surface area contributed by atoms with Crippen molar-refractivity contribution in [1.82, 2.24) is 14.7 Å². The first kappa shape index (κ1) is 13.5. The van der Waals surface area contributed by atoms with Gasteiger partial charge in [-0.1, -0.05) is 0 Å². The average Bonchev–Trinajstić information content (AvgIpc) is 2.71. The molecular formula is C12H18N4O3. The predicted molar refractivity (Wildman–Crippen MR) is 68.8 cm³/mol. The first-order chi connectivity index (χ1) is 8.91. The zero-order valence-electron chi connectivity index (χ0n) is 11.4. The van der Waals surface area contributed by atoms with E-state index in [0.717, 1.165) is 19.3 Å². The van der Waals surface area contributed by atoms with Gasteiger partial charge in [-0.15, -0.1) is 0 Å². The van der Waals surface area contributed by atoms with Crippen LogP contribution in [0.4, 0.5) is 5.69 Å². The van der Waals surface area contributed by atoms with Crippen LogP contribution >= 0.6 is 0 Å². The molecule has 7 heteroatoms. The fraction of sp³-hybridized carbons (Fsp3) is 0.667. The number of nitrogens with zero attached hydrogens (tertiary/aromatic N) is 4. The predicted octanol–water partition coefficient (Wildman–Crippen LogP) is 1.73. The van der Waals surface area contributed by atoms with Crippen molar-refractivity contribution in [2.45, 2.75) is 45.2 Å². The van der Waals surface area contributed by atoms with E-state index in [-0.39, 0.29) is 29.4 Å². The van der Waals surface area contributed by atoms with Crippen LogP contribution in [-0.2, 0) is 7.05 Å². The Labute approximate surface area is 111 Å². The van der Waals surface area contributed by atoms with Crippen LogP contribution in [0.5, 0.6) is 0 Å². The summed E-state index contributed by atoms with van der Waals surface area (Å²) in [5.74, 6) is -0.341. The molecule has 1 amide bonds. The second-order valence-electron chi connectivity index (χ2n) is 5.14. The number of hydrogen-bond donors (Lipinski definition) is 0. The van der Waals surface area contributed by atoms with E-state index in [9.17, 15) is 14.9 Å². The number of nitro groups is 1. The third kappa shape index (κ3) is 2.45. The summed E-state index contributed by atoms with van der Waals surface area (Å²) in [6, 6.07) is 0.190. The number of piperidine rings is 1. The molecule has 19 heavy (non-hydrogen) atoms. The lowest BCUT2D eigenvalue weighted by Crippen LogP contribution is -2.47. The maximum absolute atomic E-state index is 12.5. The molecule has 0 spiro atoms. The largest absolute Gasteiger partial charge is 0.332 e. The van der Waals surface area contributed by atoms with Gasteiger partial charge >= 0.3 is 5.69 Å². The maximum Gasteiger partial charge on any atom is 0.320 e.